The summed E-state index contributed by atoms with van der Waals surface area (Å²) in [6.07, 6.45) is 1.57. The van der Waals surface area contributed by atoms with E-state index in [1.165, 1.54) is 18.2 Å². The second-order valence-corrected chi connectivity index (χ2v) is 6.16. The number of anilines is 2. The molecule has 1 aromatic heterocycles. The molecule has 3 aromatic rings. The molecule has 0 fully saturated rings. The summed E-state index contributed by atoms with van der Waals surface area (Å²) < 4.78 is 0. The second-order valence-electron chi connectivity index (χ2n) is 6.16. The van der Waals surface area contributed by atoms with Crippen LogP contribution in [0.2, 0.25) is 0 Å². The number of carbonyl (C=O) groups is 3. The van der Waals surface area contributed by atoms with E-state index in [0.717, 1.165) is 10.5 Å². The standard InChI is InChI=1S/C21H15N3O3/c1-13-6-2-3-7-17(13)24-20(26)15-10-9-14(12-16(15)21(24)27)19(25)23-18-8-4-5-11-22-18/h2-12H,1H3,(H,22,23,25). The Balaban J connectivity index is 1.67. The molecule has 132 valence electrons. The van der Waals surface area contributed by atoms with Crippen LogP contribution in [0.15, 0.2) is 66.9 Å². The number of hydrogen-bond donors (Lipinski definition) is 1. The number of para-hydroxylation sites is 1. The van der Waals surface area contributed by atoms with Gasteiger partial charge in [0.1, 0.15) is 5.82 Å². The number of pyridine rings is 1. The molecule has 0 spiro atoms. The zero-order valence-electron chi connectivity index (χ0n) is 14.5. The number of aromatic nitrogens is 1. The number of imide groups is 1. The molecule has 2 aromatic carbocycles. The van der Waals surface area contributed by atoms with Crippen molar-refractivity contribution in [3.05, 3.63) is 89.1 Å². The van der Waals surface area contributed by atoms with E-state index in [1.807, 2.05) is 19.1 Å². The average Bonchev–Trinajstić information content (AvgIpc) is 2.93. The molecular formula is C21H15N3O3. The fourth-order valence-corrected chi connectivity index (χ4v) is 3.04. The topological polar surface area (TPSA) is 79.4 Å². The van der Waals surface area contributed by atoms with Crippen LogP contribution in [0.5, 0.6) is 0 Å². The van der Waals surface area contributed by atoms with Crippen LogP contribution in [0.3, 0.4) is 0 Å². The molecule has 1 aliphatic rings. The van der Waals surface area contributed by atoms with Gasteiger partial charge in [0, 0.05) is 11.8 Å². The number of amides is 3. The Hall–Kier alpha value is -3.80. The van der Waals surface area contributed by atoms with Crippen molar-refractivity contribution in [1.82, 2.24) is 4.98 Å². The highest BCUT2D eigenvalue weighted by Gasteiger charge is 2.37. The van der Waals surface area contributed by atoms with Gasteiger partial charge >= 0.3 is 0 Å². The quantitative estimate of drug-likeness (QED) is 0.728. The molecule has 3 amide bonds. The lowest BCUT2D eigenvalue weighted by Crippen LogP contribution is -2.29. The highest BCUT2D eigenvalue weighted by Crippen LogP contribution is 2.31. The summed E-state index contributed by atoms with van der Waals surface area (Å²) in [6, 6.07) is 16.9. The third-order valence-corrected chi connectivity index (χ3v) is 4.41. The lowest BCUT2D eigenvalue weighted by Gasteiger charge is -2.16. The maximum absolute atomic E-state index is 12.9. The van der Waals surface area contributed by atoms with E-state index in [-0.39, 0.29) is 22.6 Å². The molecule has 0 atom stereocenters. The summed E-state index contributed by atoms with van der Waals surface area (Å²) in [4.78, 5) is 43.2. The van der Waals surface area contributed by atoms with Crippen LogP contribution in [-0.4, -0.2) is 22.7 Å². The third-order valence-electron chi connectivity index (χ3n) is 4.41. The van der Waals surface area contributed by atoms with Crippen LogP contribution in [-0.2, 0) is 0 Å². The summed E-state index contributed by atoms with van der Waals surface area (Å²) >= 11 is 0. The molecule has 0 radical (unpaired) electrons. The molecular weight excluding hydrogens is 342 g/mol. The van der Waals surface area contributed by atoms with Gasteiger partial charge in [0.2, 0.25) is 0 Å². The minimum Gasteiger partial charge on any atom is -0.307 e. The number of fused-ring (bicyclic) bond motifs is 1. The largest absolute Gasteiger partial charge is 0.307 e. The van der Waals surface area contributed by atoms with E-state index in [1.54, 1.807) is 36.5 Å². The Bertz CT molecular complexity index is 1080. The zero-order chi connectivity index (χ0) is 19.0. The van der Waals surface area contributed by atoms with Gasteiger partial charge in [0.25, 0.3) is 17.7 Å². The van der Waals surface area contributed by atoms with Crippen molar-refractivity contribution in [1.29, 1.82) is 0 Å². The number of hydrogen-bond acceptors (Lipinski definition) is 4. The smallest absolute Gasteiger partial charge is 0.266 e. The molecule has 1 aliphatic heterocycles. The van der Waals surface area contributed by atoms with Gasteiger partial charge < -0.3 is 5.32 Å². The van der Waals surface area contributed by atoms with Gasteiger partial charge in [-0.1, -0.05) is 24.3 Å². The van der Waals surface area contributed by atoms with Crippen LogP contribution in [0.1, 0.15) is 36.6 Å². The van der Waals surface area contributed by atoms with Gasteiger partial charge in [-0.05, 0) is 48.9 Å². The first kappa shape index (κ1) is 16.7. The molecule has 6 nitrogen and oxygen atoms in total. The molecule has 4 rings (SSSR count). The van der Waals surface area contributed by atoms with Gasteiger partial charge in [-0.25, -0.2) is 9.88 Å². The lowest BCUT2D eigenvalue weighted by atomic mass is 10.1. The Morgan fingerprint density at radius 1 is 0.926 bits per heavy atom. The van der Waals surface area contributed by atoms with Crippen LogP contribution in [0, 0.1) is 6.92 Å². The Kier molecular flexibility index (Phi) is 4.01. The van der Waals surface area contributed by atoms with Crippen LogP contribution >= 0.6 is 0 Å². The van der Waals surface area contributed by atoms with Crippen LogP contribution in [0.4, 0.5) is 11.5 Å². The van der Waals surface area contributed by atoms with E-state index in [4.69, 9.17) is 0 Å². The summed E-state index contributed by atoms with van der Waals surface area (Å²) in [5.74, 6) is -0.809. The molecule has 0 saturated heterocycles. The Morgan fingerprint density at radius 2 is 1.67 bits per heavy atom. The summed E-state index contributed by atoms with van der Waals surface area (Å²) in [5, 5.41) is 2.67. The molecule has 0 aliphatic carbocycles. The highest BCUT2D eigenvalue weighted by atomic mass is 16.2. The molecule has 0 unspecified atom stereocenters. The van der Waals surface area contributed by atoms with Gasteiger partial charge in [-0.3, -0.25) is 14.4 Å². The zero-order valence-corrected chi connectivity index (χ0v) is 14.5. The van der Waals surface area contributed by atoms with E-state index in [0.29, 0.717) is 11.5 Å². The van der Waals surface area contributed by atoms with Crippen molar-refractivity contribution < 1.29 is 14.4 Å². The van der Waals surface area contributed by atoms with Gasteiger partial charge in [0.05, 0.1) is 16.8 Å². The maximum Gasteiger partial charge on any atom is 0.266 e. The van der Waals surface area contributed by atoms with E-state index < -0.39 is 11.8 Å². The van der Waals surface area contributed by atoms with E-state index >= 15 is 0 Å². The van der Waals surface area contributed by atoms with Gasteiger partial charge in [-0.15, -0.1) is 0 Å². The van der Waals surface area contributed by atoms with Gasteiger partial charge in [0.15, 0.2) is 0 Å². The van der Waals surface area contributed by atoms with Crippen LogP contribution in [0.25, 0.3) is 0 Å². The van der Waals surface area contributed by atoms with Crippen molar-refractivity contribution in [2.75, 3.05) is 10.2 Å². The minimum absolute atomic E-state index is 0.219. The molecule has 1 N–H and O–H groups in total. The predicted octanol–water partition coefficient (Wildman–Crippen LogP) is 3.44. The Morgan fingerprint density at radius 3 is 2.41 bits per heavy atom. The molecule has 27 heavy (non-hydrogen) atoms. The SMILES string of the molecule is Cc1ccccc1N1C(=O)c2ccc(C(=O)Nc3ccccn3)cc2C1=O. The van der Waals surface area contributed by atoms with E-state index in [2.05, 4.69) is 10.3 Å². The number of nitrogens with one attached hydrogen (secondary N) is 1. The number of aryl methyl sites for hydroxylation is 1. The summed E-state index contributed by atoms with van der Waals surface area (Å²) in [5.41, 5.74) is 2.16. The first-order valence-electron chi connectivity index (χ1n) is 8.37. The normalized spacial score (nSPS) is 12.9. The maximum atomic E-state index is 12.9. The number of carbonyl (C=O) groups excluding carboxylic acids is 3. The van der Waals surface area contributed by atoms with Gasteiger partial charge in [-0.2, -0.15) is 0 Å². The van der Waals surface area contributed by atoms with Crippen molar-refractivity contribution in [3.63, 3.8) is 0 Å². The fourth-order valence-electron chi connectivity index (χ4n) is 3.04. The van der Waals surface area contributed by atoms with Crippen molar-refractivity contribution in [3.8, 4) is 0 Å². The molecule has 6 heteroatoms. The average molecular weight is 357 g/mol. The molecule has 2 heterocycles. The first-order chi connectivity index (χ1) is 13.1. The van der Waals surface area contributed by atoms with Crippen molar-refractivity contribution in [2.24, 2.45) is 0 Å². The first-order valence-corrected chi connectivity index (χ1v) is 8.37. The Labute approximate surface area is 155 Å². The highest BCUT2D eigenvalue weighted by molar-refractivity contribution is 6.35. The second kappa shape index (κ2) is 6.49. The third kappa shape index (κ3) is 2.87. The van der Waals surface area contributed by atoms with E-state index in [9.17, 15) is 14.4 Å². The fraction of sp³-hybridized carbons (Fsp3) is 0.0476. The van der Waals surface area contributed by atoms with Crippen molar-refractivity contribution in [2.45, 2.75) is 6.92 Å². The number of benzene rings is 2. The van der Waals surface area contributed by atoms with Crippen LogP contribution < -0.4 is 10.2 Å². The van der Waals surface area contributed by atoms with Crippen molar-refractivity contribution >= 4 is 29.2 Å². The molecule has 0 saturated carbocycles. The predicted molar refractivity (Wildman–Crippen MR) is 101 cm³/mol. The summed E-state index contributed by atoms with van der Waals surface area (Å²) in [7, 11) is 0. The monoisotopic (exact) mass is 357 g/mol. The molecule has 0 bridgehead atoms. The number of nitrogens with zero attached hydrogens (tertiary/aromatic N) is 2. The number of rotatable bonds is 3. The summed E-state index contributed by atoms with van der Waals surface area (Å²) in [6.45, 7) is 1.84. The minimum atomic E-state index is -0.434. The lowest BCUT2D eigenvalue weighted by molar-refractivity contribution is 0.0925.